The molecule has 1 aliphatic rings. The molecule has 2 aromatic carbocycles. The molecule has 0 aromatic heterocycles. The number of aliphatic hydroxyl groups is 3. The Hall–Kier alpha value is -3.64. The van der Waals surface area contributed by atoms with E-state index in [1.807, 2.05) is 0 Å². The van der Waals surface area contributed by atoms with Crippen LogP contribution in [0.25, 0.3) is 5.76 Å². The minimum atomic E-state index is -2.21. The second-order valence-electron chi connectivity index (χ2n) is 7.84. The maximum atomic E-state index is 14.2. The number of phenols is 1. The van der Waals surface area contributed by atoms with Crippen molar-refractivity contribution in [2.75, 3.05) is 13.2 Å². The van der Waals surface area contributed by atoms with Gasteiger partial charge in [-0.25, -0.2) is 27.3 Å². The molecule has 0 aliphatic carbocycles. The van der Waals surface area contributed by atoms with Gasteiger partial charge in [0, 0.05) is 18.2 Å². The number of carbonyl (C=O) groups excluding carboxylic acids is 1. The van der Waals surface area contributed by atoms with Gasteiger partial charge >= 0.3 is 5.97 Å². The Morgan fingerprint density at radius 3 is 2.57 bits per heavy atom. The molecule has 188 valence electrons. The number of ether oxygens (including phenoxy) is 2. The minimum Gasteiger partial charge on any atom is -0.506 e. The van der Waals surface area contributed by atoms with Crippen LogP contribution in [0.15, 0.2) is 28.8 Å². The molecule has 0 saturated carbocycles. The number of aliphatic hydroxyl groups excluding tert-OH is 2. The van der Waals surface area contributed by atoms with E-state index in [1.165, 1.54) is 26.0 Å². The average Bonchev–Trinajstić information content (AvgIpc) is 3.27. The molecule has 2 atom stereocenters. The fourth-order valence-corrected chi connectivity index (χ4v) is 3.29. The number of nitrogens with zero attached hydrogens (tertiary/aromatic N) is 1. The van der Waals surface area contributed by atoms with Crippen LogP contribution in [-0.2, 0) is 16.0 Å². The van der Waals surface area contributed by atoms with Crippen molar-refractivity contribution in [1.29, 1.82) is 0 Å². The molecule has 0 unspecified atom stereocenters. The third-order valence-corrected chi connectivity index (χ3v) is 5.30. The first-order chi connectivity index (χ1) is 16.4. The maximum Gasteiger partial charge on any atom is 0.343 e. The molecule has 0 fully saturated rings. The Morgan fingerprint density at radius 1 is 1.26 bits per heavy atom. The lowest BCUT2D eigenvalue weighted by molar-refractivity contribution is -0.137. The fraction of sp³-hybridized carbons (Fsp3) is 0.304. The average molecular weight is 499 g/mol. The van der Waals surface area contributed by atoms with Crippen molar-refractivity contribution in [2.24, 2.45) is 4.99 Å². The second-order valence-corrected chi connectivity index (χ2v) is 7.84. The summed E-state index contributed by atoms with van der Waals surface area (Å²) in [5, 5.41) is 40.4. The van der Waals surface area contributed by atoms with E-state index in [-0.39, 0.29) is 30.5 Å². The van der Waals surface area contributed by atoms with Gasteiger partial charge in [0.2, 0.25) is 0 Å². The number of benzene rings is 2. The summed E-state index contributed by atoms with van der Waals surface area (Å²) in [7, 11) is 0. The molecule has 0 amide bonds. The third-order valence-electron chi connectivity index (χ3n) is 5.30. The van der Waals surface area contributed by atoms with Gasteiger partial charge in [-0.1, -0.05) is 6.07 Å². The van der Waals surface area contributed by atoms with Crippen LogP contribution in [0, 0.1) is 23.3 Å². The van der Waals surface area contributed by atoms with Crippen LogP contribution in [0.1, 0.15) is 25.0 Å². The van der Waals surface area contributed by atoms with Gasteiger partial charge in [0.25, 0.3) is 0 Å². The molecular formula is C23H21F4NO7. The number of aliphatic imine (C=N–C) groups is 1. The molecule has 35 heavy (non-hydrogen) atoms. The normalized spacial score (nSPS) is 17.5. The standard InChI is InChI=1S/C23H21F4NO7/c1-3-34-22(32)12(20(31)11-7-13(24)17(26)18(27)16(11)25)8-28-19-14(30)5-4-10-6-15(35-21(10)19)23(2,33)9-29/h4-5,7-8,15,29-31,33H,3,6,9H2,1-2H3/b20-12+,28-8?/t15-,23-/m1/s1. The molecule has 8 nitrogen and oxygen atoms in total. The predicted molar refractivity (Wildman–Crippen MR) is 115 cm³/mol. The largest absolute Gasteiger partial charge is 0.506 e. The van der Waals surface area contributed by atoms with Crippen LogP contribution in [-0.4, -0.2) is 57.5 Å². The Morgan fingerprint density at radius 2 is 1.94 bits per heavy atom. The topological polar surface area (TPSA) is 129 Å². The van der Waals surface area contributed by atoms with Crippen LogP contribution in [0.4, 0.5) is 23.2 Å². The smallest absolute Gasteiger partial charge is 0.343 e. The molecule has 0 radical (unpaired) electrons. The zero-order valence-corrected chi connectivity index (χ0v) is 18.5. The van der Waals surface area contributed by atoms with Crippen LogP contribution in [0.3, 0.4) is 0 Å². The highest BCUT2D eigenvalue weighted by Gasteiger charge is 2.39. The van der Waals surface area contributed by atoms with Gasteiger partial charge in [0.1, 0.15) is 34.5 Å². The Bertz CT molecular complexity index is 1230. The van der Waals surface area contributed by atoms with E-state index in [0.717, 1.165) is 0 Å². The molecular weight excluding hydrogens is 478 g/mol. The van der Waals surface area contributed by atoms with Crippen molar-refractivity contribution in [3.63, 3.8) is 0 Å². The lowest BCUT2D eigenvalue weighted by atomic mass is 9.96. The first kappa shape index (κ1) is 26.0. The summed E-state index contributed by atoms with van der Waals surface area (Å²) >= 11 is 0. The van der Waals surface area contributed by atoms with Crippen molar-refractivity contribution >= 4 is 23.6 Å². The molecule has 0 saturated heterocycles. The molecule has 0 spiro atoms. The summed E-state index contributed by atoms with van der Waals surface area (Å²) in [6.45, 7) is 1.92. The summed E-state index contributed by atoms with van der Waals surface area (Å²) in [5.41, 5.74) is -3.46. The summed E-state index contributed by atoms with van der Waals surface area (Å²) in [5.74, 6) is -11.1. The van der Waals surface area contributed by atoms with Crippen LogP contribution < -0.4 is 4.74 Å². The molecule has 4 N–H and O–H groups in total. The van der Waals surface area contributed by atoms with Gasteiger partial charge in [0.15, 0.2) is 29.0 Å². The minimum absolute atomic E-state index is 0.00674. The highest BCUT2D eigenvalue weighted by molar-refractivity contribution is 6.15. The molecule has 12 heteroatoms. The van der Waals surface area contributed by atoms with Crippen molar-refractivity contribution in [3.8, 4) is 11.5 Å². The number of phenolic OH excluding ortho intramolecular Hbond substituents is 1. The van der Waals surface area contributed by atoms with E-state index in [0.29, 0.717) is 11.8 Å². The van der Waals surface area contributed by atoms with Crippen molar-refractivity contribution in [2.45, 2.75) is 32.0 Å². The SMILES string of the molecule is CCOC(=O)/C(C=Nc1c(O)ccc2c1O[C@@H]([C@](C)(O)CO)C2)=C(/O)c1cc(F)c(F)c(F)c1F. The Balaban J connectivity index is 2.12. The molecule has 0 bridgehead atoms. The van der Waals surface area contributed by atoms with Crippen LogP contribution >= 0.6 is 0 Å². The van der Waals surface area contributed by atoms with Crippen LogP contribution in [0.5, 0.6) is 11.5 Å². The van der Waals surface area contributed by atoms with Crippen molar-refractivity contribution < 1.29 is 52.3 Å². The van der Waals surface area contributed by atoms with Gasteiger partial charge < -0.3 is 29.9 Å². The second kappa shape index (κ2) is 9.92. The fourth-order valence-electron chi connectivity index (χ4n) is 3.29. The van der Waals surface area contributed by atoms with Crippen LogP contribution in [0.2, 0.25) is 0 Å². The van der Waals surface area contributed by atoms with E-state index >= 15 is 0 Å². The van der Waals surface area contributed by atoms with Gasteiger partial charge in [-0.3, -0.25) is 0 Å². The lowest BCUT2D eigenvalue weighted by Gasteiger charge is -2.27. The molecule has 3 rings (SSSR count). The molecule has 1 aliphatic heterocycles. The number of hydrogen-bond donors (Lipinski definition) is 4. The number of carbonyl (C=O) groups is 1. The molecule has 2 aromatic rings. The summed E-state index contributed by atoms with van der Waals surface area (Å²) in [4.78, 5) is 16.3. The Labute approximate surface area is 196 Å². The van der Waals surface area contributed by atoms with E-state index < -0.39 is 70.2 Å². The van der Waals surface area contributed by atoms with Gasteiger partial charge in [-0.05, 0) is 26.0 Å². The number of fused-ring (bicyclic) bond motifs is 1. The third kappa shape index (κ3) is 4.93. The van der Waals surface area contributed by atoms with Gasteiger partial charge in [0.05, 0.1) is 18.8 Å². The van der Waals surface area contributed by atoms with E-state index in [9.17, 15) is 42.8 Å². The number of halogens is 4. The summed E-state index contributed by atoms with van der Waals surface area (Å²) in [6, 6.07) is 2.87. The zero-order valence-electron chi connectivity index (χ0n) is 18.5. The van der Waals surface area contributed by atoms with E-state index in [2.05, 4.69) is 4.99 Å². The van der Waals surface area contributed by atoms with E-state index in [1.54, 1.807) is 0 Å². The van der Waals surface area contributed by atoms with E-state index in [4.69, 9.17) is 9.47 Å². The van der Waals surface area contributed by atoms with Gasteiger partial charge in [-0.2, -0.15) is 0 Å². The summed E-state index contributed by atoms with van der Waals surface area (Å²) in [6.07, 6.45) is -0.134. The quantitative estimate of drug-likeness (QED) is 0.0876. The highest BCUT2D eigenvalue weighted by atomic mass is 19.2. The Kier molecular flexibility index (Phi) is 7.36. The zero-order chi connectivity index (χ0) is 26.1. The van der Waals surface area contributed by atoms with Crippen molar-refractivity contribution in [1.82, 2.24) is 0 Å². The number of aromatic hydroxyl groups is 1. The first-order valence-electron chi connectivity index (χ1n) is 10.2. The lowest BCUT2D eigenvalue weighted by Crippen LogP contribution is -2.45. The number of hydrogen-bond acceptors (Lipinski definition) is 8. The monoisotopic (exact) mass is 499 g/mol. The predicted octanol–water partition coefficient (Wildman–Crippen LogP) is 3.23. The molecule has 1 heterocycles. The summed E-state index contributed by atoms with van der Waals surface area (Å²) < 4.78 is 65.3. The highest BCUT2D eigenvalue weighted by Crippen LogP contribution is 2.45. The van der Waals surface area contributed by atoms with Crippen molar-refractivity contribution in [3.05, 3.63) is 58.2 Å². The number of rotatable bonds is 7. The maximum absolute atomic E-state index is 14.2. The first-order valence-corrected chi connectivity index (χ1v) is 10.2. The number of esters is 1. The van der Waals surface area contributed by atoms with Gasteiger partial charge in [-0.15, -0.1) is 0 Å².